The molecule has 0 spiro atoms. The number of ether oxygens (including phenoxy) is 1. The van der Waals surface area contributed by atoms with Gasteiger partial charge < -0.3 is 15.0 Å². The summed E-state index contributed by atoms with van der Waals surface area (Å²) in [4.78, 5) is 2.21. The molecule has 1 N–H and O–H groups in total. The zero-order valence-corrected chi connectivity index (χ0v) is 14.6. The largest absolute Gasteiger partial charge is 0.492 e. The average Bonchev–Trinajstić information content (AvgIpc) is 2.35. The SMILES string of the molecule is Cc1ccc(C(C)(C)C)c(OCCNCCCN(C)C)c1. The summed E-state index contributed by atoms with van der Waals surface area (Å²) >= 11 is 0. The number of hydrogen-bond donors (Lipinski definition) is 1. The molecule has 0 amide bonds. The van der Waals surface area contributed by atoms with Crippen molar-refractivity contribution in [3.8, 4) is 5.75 Å². The molecule has 0 fully saturated rings. The summed E-state index contributed by atoms with van der Waals surface area (Å²) in [5.74, 6) is 1.03. The fourth-order valence-corrected chi connectivity index (χ4v) is 2.25. The van der Waals surface area contributed by atoms with Gasteiger partial charge in [-0.15, -0.1) is 0 Å². The highest BCUT2D eigenvalue weighted by Crippen LogP contribution is 2.31. The molecule has 3 heteroatoms. The lowest BCUT2D eigenvalue weighted by atomic mass is 9.86. The lowest BCUT2D eigenvalue weighted by Gasteiger charge is -2.23. The van der Waals surface area contributed by atoms with Crippen LogP contribution in [-0.4, -0.2) is 45.2 Å². The van der Waals surface area contributed by atoms with Crippen molar-refractivity contribution in [3.63, 3.8) is 0 Å². The molecule has 0 atom stereocenters. The van der Waals surface area contributed by atoms with Crippen LogP contribution in [0.3, 0.4) is 0 Å². The molecular formula is C18H32N2O. The third kappa shape index (κ3) is 6.96. The van der Waals surface area contributed by atoms with Crippen LogP contribution >= 0.6 is 0 Å². The van der Waals surface area contributed by atoms with Crippen LogP contribution in [0.1, 0.15) is 38.3 Å². The molecule has 0 radical (unpaired) electrons. The summed E-state index contributed by atoms with van der Waals surface area (Å²) < 4.78 is 6.00. The first-order valence-electron chi connectivity index (χ1n) is 7.90. The van der Waals surface area contributed by atoms with Gasteiger partial charge in [0.15, 0.2) is 0 Å². The minimum Gasteiger partial charge on any atom is -0.492 e. The zero-order chi connectivity index (χ0) is 15.9. The van der Waals surface area contributed by atoms with E-state index in [9.17, 15) is 0 Å². The molecule has 120 valence electrons. The zero-order valence-electron chi connectivity index (χ0n) is 14.6. The van der Waals surface area contributed by atoms with E-state index in [-0.39, 0.29) is 5.41 Å². The molecule has 1 rings (SSSR count). The second-order valence-electron chi connectivity index (χ2n) is 7.00. The van der Waals surface area contributed by atoms with Crippen molar-refractivity contribution in [3.05, 3.63) is 29.3 Å². The van der Waals surface area contributed by atoms with E-state index < -0.39 is 0 Å². The number of hydrogen-bond acceptors (Lipinski definition) is 3. The molecule has 0 aromatic heterocycles. The summed E-state index contributed by atoms with van der Waals surface area (Å²) in [5, 5.41) is 3.43. The Morgan fingerprint density at radius 3 is 2.48 bits per heavy atom. The molecule has 1 aromatic carbocycles. The number of nitrogens with zero attached hydrogens (tertiary/aromatic N) is 1. The van der Waals surface area contributed by atoms with Crippen molar-refractivity contribution in [2.45, 2.75) is 39.5 Å². The van der Waals surface area contributed by atoms with Crippen molar-refractivity contribution in [2.75, 3.05) is 40.3 Å². The predicted molar refractivity (Wildman–Crippen MR) is 91.4 cm³/mol. The summed E-state index contributed by atoms with van der Waals surface area (Å²) in [6.45, 7) is 12.6. The number of rotatable bonds is 8. The minimum absolute atomic E-state index is 0.113. The van der Waals surface area contributed by atoms with E-state index in [0.29, 0.717) is 6.61 Å². The lowest BCUT2D eigenvalue weighted by Crippen LogP contribution is -2.25. The number of aryl methyl sites for hydroxylation is 1. The number of benzene rings is 1. The highest BCUT2D eigenvalue weighted by atomic mass is 16.5. The van der Waals surface area contributed by atoms with Crippen molar-refractivity contribution < 1.29 is 4.74 Å². The van der Waals surface area contributed by atoms with Crippen LogP contribution in [0.4, 0.5) is 0 Å². The molecule has 21 heavy (non-hydrogen) atoms. The van der Waals surface area contributed by atoms with Crippen LogP contribution in [-0.2, 0) is 5.41 Å². The maximum atomic E-state index is 6.00. The second-order valence-corrected chi connectivity index (χ2v) is 7.00. The first kappa shape index (κ1) is 18.0. The highest BCUT2D eigenvalue weighted by molar-refractivity contribution is 5.41. The van der Waals surface area contributed by atoms with E-state index in [1.54, 1.807) is 0 Å². The van der Waals surface area contributed by atoms with Gasteiger partial charge in [-0.25, -0.2) is 0 Å². The van der Waals surface area contributed by atoms with Crippen molar-refractivity contribution in [1.29, 1.82) is 0 Å². The van der Waals surface area contributed by atoms with Crippen LogP contribution in [0.5, 0.6) is 5.75 Å². The summed E-state index contributed by atoms with van der Waals surface area (Å²) in [6.07, 6.45) is 1.17. The van der Waals surface area contributed by atoms with Crippen LogP contribution in [0.2, 0.25) is 0 Å². The Bertz CT molecular complexity index is 422. The van der Waals surface area contributed by atoms with Crippen LogP contribution in [0.25, 0.3) is 0 Å². The molecule has 0 saturated heterocycles. The fourth-order valence-electron chi connectivity index (χ4n) is 2.25. The molecular weight excluding hydrogens is 260 g/mol. The average molecular weight is 292 g/mol. The van der Waals surface area contributed by atoms with E-state index >= 15 is 0 Å². The van der Waals surface area contributed by atoms with Crippen LogP contribution in [0, 0.1) is 6.92 Å². The van der Waals surface area contributed by atoms with Gasteiger partial charge in [0.05, 0.1) is 0 Å². The summed E-state index contributed by atoms with van der Waals surface area (Å²) in [6, 6.07) is 6.49. The third-order valence-electron chi connectivity index (χ3n) is 3.44. The Labute approximate surface area is 130 Å². The summed E-state index contributed by atoms with van der Waals surface area (Å²) in [7, 11) is 4.21. The molecule has 0 aliphatic rings. The standard InChI is InChI=1S/C18H32N2O/c1-15-8-9-16(18(2,3)4)17(14-15)21-13-11-19-10-7-12-20(5)6/h8-9,14,19H,7,10-13H2,1-6H3. The fraction of sp³-hybridized carbons (Fsp3) is 0.667. The second kappa shape index (κ2) is 8.40. The molecule has 0 bridgehead atoms. The molecule has 0 aliphatic heterocycles. The highest BCUT2D eigenvalue weighted by Gasteiger charge is 2.18. The third-order valence-corrected chi connectivity index (χ3v) is 3.44. The minimum atomic E-state index is 0.113. The van der Waals surface area contributed by atoms with E-state index in [4.69, 9.17) is 4.74 Å². The smallest absolute Gasteiger partial charge is 0.123 e. The lowest BCUT2D eigenvalue weighted by molar-refractivity contribution is 0.303. The molecule has 3 nitrogen and oxygen atoms in total. The van der Waals surface area contributed by atoms with Gasteiger partial charge in [0, 0.05) is 6.54 Å². The quantitative estimate of drug-likeness (QED) is 0.745. The van der Waals surface area contributed by atoms with Gasteiger partial charge in [0.1, 0.15) is 12.4 Å². The normalized spacial score (nSPS) is 12.0. The van der Waals surface area contributed by atoms with Gasteiger partial charge in [-0.2, -0.15) is 0 Å². The van der Waals surface area contributed by atoms with E-state index in [2.05, 4.69) is 70.2 Å². The van der Waals surface area contributed by atoms with Gasteiger partial charge in [0.25, 0.3) is 0 Å². The van der Waals surface area contributed by atoms with Gasteiger partial charge >= 0.3 is 0 Å². The Kier molecular flexibility index (Phi) is 7.20. The van der Waals surface area contributed by atoms with Gasteiger partial charge in [0.2, 0.25) is 0 Å². The van der Waals surface area contributed by atoms with Crippen molar-refractivity contribution >= 4 is 0 Å². The topological polar surface area (TPSA) is 24.5 Å². The Hall–Kier alpha value is -1.06. The molecule has 0 aliphatic carbocycles. The monoisotopic (exact) mass is 292 g/mol. The van der Waals surface area contributed by atoms with Crippen LogP contribution in [0.15, 0.2) is 18.2 Å². The molecule has 0 unspecified atom stereocenters. The Morgan fingerprint density at radius 1 is 1.14 bits per heavy atom. The van der Waals surface area contributed by atoms with Crippen molar-refractivity contribution in [2.24, 2.45) is 0 Å². The maximum Gasteiger partial charge on any atom is 0.123 e. The summed E-state index contributed by atoms with van der Waals surface area (Å²) in [5.41, 5.74) is 2.64. The number of nitrogens with one attached hydrogen (secondary N) is 1. The molecule has 1 aromatic rings. The van der Waals surface area contributed by atoms with Gasteiger partial charge in [-0.1, -0.05) is 32.9 Å². The molecule has 0 saturated carbocycles. The van der Waals surface area contributed by atoms with Crippen molar-refractivity contribution in [1.82, 2.24) is 10.2 Å². The predicted octanol–water partition coefficient (Wildman–Crippen LogP) is 3.21. The Balaban J connectivity index is 2.40. The first-order chi connectivity index (χ1) is 9.80. The van der Waals surface area contributed by atoms with E-state index in [1.165, 1.54) is 17.5 Å². The van der Waals surface area contributed by atoms with E-state index in [1.807, 2.05) is 0 Å². The maximum absolute atomic E-state index is 6.00. The van der Waals surface area contributed by atoms with Gasteiger partial charge in [-0.3, -0.25) is 0 Å². The van der Waals surface area contributed by atoms with Crippen LogP contribution < -0.4 is 10.1 Å². The van der Waals surface area contributed by atoms with E-state index in [0.717, 1.165) is 25.4 Å². The Morgan fingerprint density at radius 2 is 1.86 bits per heavy atom. The first-order valence-corrected chi connectivity index (χ1v) is 7.90. The van der Waals surface area contributed by atoms with Gasteiger partial charge in [-0.05, 0) is 63.1 Å². The molecule has 0 heterocycles.